The molecule has 2 aromatic carbocycles. The minimum absolute atomic E-state index is 0.670. The van der Waals surface area contributed by atoms with Gasteiger partial charge in [0.05, 0.1) is 12.3 Å². The number of hydrogen-bond acceptors (Lipinski definition) is 3. The average Bonchev–Trinajstić information content (AvgIpc) is 2.47. The molecule has 0 unspecified atom stereocenters. The summed E-state index contributed by atoms with van der Waals surface area (Å²) in [4.78, 5) is 2.13. The molecule has 0 aromatic heterocycles. The lowest BCUT2D eigenvalue weighted by Gasteiger charge is -2.22. The second-order valence-electron chi connectivity index (χ2n) is 4.26. The molecule has 2 rings (SSSR count). The molecule has 3 heteroatoms. The zero-order chi connectivity index (χ0) is 13.7. The summed E-state index contributed by atoms with van der Waals surface area (Å²) < 4.78 is 5.67. The van der Waals surface area contributed by atoms with Gasteiger partial charge in [0, 0.05) is 25.5 Å². The van der Waals surface area contributed by atoms with E-state index < -0.39 is 0 Å². The first-order valence-corrected chi connectivity index (χ1v) is 6.49. The Morgan fingerprint density at radius 3 is 2.37 bits per heavy atom. The summed E-state index contributed by atoms with van der Waals surface area (Å²) >= 11 is 0. The summed E-state index contributed by atoms with van der Waals surface area (Å²) in [6, 6.07) is 16.4. The third-order valence-corrected chi connectivity index (χ3v) is 3.07. The van der Waals surface area contributed by atoms with Crippen LogP contribution in [0.2, 0.25) is 0 Å². The van der Waals surface area contributed by atoms with Crippen molar-refractivity contribution >= 4 is 17.1 Å². The van der Waals surface area contributed by atoms with Crippen molar-refractivity contribution in [2.24, 2.45) is 0 Å². The van der Waals surface area contributed by atoms with Crippen LogP contribution in [-0.2, 0) is 0 Å². The van der Waals surface area contributed by atoms with Crippen molar-refractivity contribution in [2.75, 3.05) is 30.9 Å². The van der Waals surface area contributed by atoms with E-state index in [0.29, 0.717) is 6.61 Å². The summed E-state index contributed by atoms with van der Waals surface area (Å²) in [6.07, 6.45) is 0. The maximum Gasteiger partial charge on any atom is 0.142 e. The van der Waals surface area contributed by atoms with Gasteiger partial charge in [-0.25, -0.2) is 0 Å². The van der Waals surface area contributed by atoms with Crippen molar-refractivity contribution in [3.05, 3.63) is 48.5 Å². The standard InChI is InChI=1S/C16H20N2O/c1-4-19-16-8-6-5-7-15(16)18(3)14-11-9-13(17-2)10-12-14/h5-12,17H,4H2,1-3H3. The zero-order valence-electron chi connectivity index (χ0n) is 11.7. The fraction of sp³-hybridized carbons (Fsp3) is 0.250. The van der Waals surface area contributed by atoms with Gasteiger partial charge in [-0.05, 0) is 43.3 Å². The molecule has 0 saturated carbocycles. The Kier molecular flexibility index (Phi) is 4.29. The zero-order valence-corrected chi connectivity index (χ0v) is 11.7. The van der Waals surface area contributed by atoms with Crippen LogP contribution in [0.15, 0.2) is 48.5 Å². The molecule has 3 nitrogen and oxygen atoms in total. The monoisotopic (exact) mass is 256 g/mol. The van der Waals surface area contributed by atoms with Crippen molar-refractivity contribution in [1.82, 2.24) is 0 Å². The number of nitrogens with one attached hydrogen (secondary N) is 1. The lowest BCUT2D eigenvalue weighted by Crippen LogP contribution is -2.11. The molecule has 0 amide bonds. The first-order valence-electron chi connectivity index (χ1n) is 6.49. The molecule has 0 heterocycles. The van der Waals surface area contributed by atoms with Crippen LogP contribution in [0.1, 0.15) is 6.92 Å². The molecule has 100 valence electrons. The van der Waals surface area contributed by atoms with Gasteiger partial charge in [0.2, 0.25) is 0 Å². The molecule has 0 radical (unpaired) electrons. The molecular formula is C16H20N2O. The van der Waals surface area contributed by atoms with Crippen LogP contribution in [0.3, 0.4) is 0 Å². The second kappa shape index (κ2) is 6.14. The molecule has 2 aromatic rings. The van der Waals surface area contributed by atoms with E-state index in [1.165, 1.54) is 0 Å². The number of rotatable bonds is 5. The van der Waals surface area contributed by atoms with E-state index in [1.807, 2.05) is 39.2 Å². The van der Waals surface area contributed by atoms with Gasteiger partial charge in [0.25, 0.3) is 0 Å². The summed E-state index contributed by atoms with van der Waals surface area (Å²) in [7, 11) is 3.97. The summed E-state index contributed by atoms with van der Waals surface area (Å²) in [5.41, 5.74) is 3.31. The highest BCUT2D eigenvalue weighted by Gasteiger charge is 2.09. The minimum atomic E-state index is 0.670. The van der Waals surface area contributed by atoms with Gasteiger partial charge in [0.15, 0.2) is 0 Å². The Hall–Kier alpha value is -2.16. The first-order chi connectivity index (χ1) is 9.26. The predicted octanol–water partition coefficient (Wildman–Crippen LogP) is 3.89. The Morgan fingerprint density at radius 1 is 1.05 bits per heavy atom. The molecule has 1 N–H and O–H groups in total. The highest BCUT2D eigenvalue weighted by Crippen LogP contribution is 2.32. The quantitative estimate of drug-likeness (QED) is 0.878. The summed E-state index contributed by atoms with van der Waals surface area (Å²) in [6.45, 7) is 2.67. The van der Waals surface area contributed by atoms with Gasteiger partial charge in [-0.1, -0.05) is 12.1 Å². The highest BCUT2D eigenvalue weighted by atomic mass is 16.5. The predicted molar refractivity (Wildman–Crippen MR) is 81.7 cm³/mol. The average molecular weight is 256 g/mol. The third-order valence-electron chi connectivity index (χ3n) is 3.07. The number of para-hydroxylation sites is 2. The van der Waals surface area contributed by atoms with Crippen LogP contribution in [0.25, 0.3) is 0 Å². The number of benzene rings is 2. The van der Waals surface area contributed by atoms with Crippen LogP contribution in [0, 0.1) is 0 Å². The van der Waals surface area contributed by atoms with E-state index in [4.69, 9.17) is 4.74 Å². The molecule has 0 bridgehead atoms. The van der Waals surface area contributed by atoms with Crippen molar-refractivity contribution in [1.29, 1.82) is 0 Å². The van der Waals surface area contributed by atoms with Crippen molar-refractivity contribution in [3.63, 3.8) is 0 Å². The van der Waals surface area contributed by atoms with Crippen LogP contribution >= 0.6 is 0 Å². The summed E-state index contributed by atoms with van der Waals surface area (Å²) in [5.74, 6) is 0.908. The van der Waals surface area contributed by atoms with Gasteiger partial charge in [-0.3, -0.25) is 0 Å². The van der Waals surface area contributed by atoms with Gasteiger partial charge < -0.3 is 15.0 Å². The van der Waals surface area contributed by atoms with E-state index in [-0.39, 0.29) is 0 Å². The number of hydrogen-bond donors (Lipinski definition) is 1. The number of ether oxygens (including phenoxy) is 1. The van der Waals surface area contributed by atoms with Crippen LogP contribution in [0.5, 0.6) is 5.75 Å². The van der Waals surface area contributed by atoms with Crippen molar-refractivity contribution in [3.8, 4) is 5.75 Å². The maximum atomic E-state index is 5.67. The third kappa shape index (κ3) is 2.99. The number of anilines is 3. The lowest BCUT2D eigenvalue weighted by molar-refractivity contribution is 0.341. The summed E-state index contributed by atoms with van der Waals surface area (Å²) in [5, 5.41) is 3.12. The van der Waals surface area contributed by atoms with Gasteiger partial charge in [-0.2, -0.15) is 0 Å². The molecule has 0 aliphatic rings. The SMILES string of the molecule is CCOc1ccccc1N(C)c1ccc(NC)cc1. The van der Waals surface area contributed by atoms with E-state index in [1.54, 1.807) is 0 Å². The first kappa shape index (κ1) is 13.3. The fourth-order valence-electron chi connectivity index (χ4n) is 2.00. The Bertz CT molecular complexity index is 523. The highest BCUT2D eigenvalue weighted by molar-refractivity contribution is 5.69. The van der Waals surface area contributed by atoms with Crippen LogP contribution in [0.4, 0.5) is 17.1 Å². The van der Waals surface area contributed by atoms with E-state index in [0.717, 1.165) is 22.8 Å². The molecule has 0 saturated heterocycles. The number of nitrogens with zero attached hydrogens (tertiary/aromatic N) is 1. The smallest absolute Gasteiger partial charge is 0.142 e. The molecule has 0 aliphatic carbocycles. The Morgan fingerprint density at radius 2 is 1.74 bits per heavy atom. The van der Waals surface area contributed by atoms with E-state index in [9.17, 15) is 0 Å². The second-order valence-corrected chi connectivity index (χ2v) is 4.26. The fourth-order valence-corrected chi connectivity index (χ4v) is 2.00. The van der Waals surface area contributed by atoms with Gasteiger partial charge >= 0.3 is 0 Å². The minimum Gasteiger partial charge on any atom is -0.492 e. The molecule has 19 heavy (non-hydrogen) atoms. The van der Waals surface area contributed by atoms with Gasteiger partial charge in [0.1, 0.15) is 5.75 Å². The van der Waals surface area contributed by atoms with E-state index >= 15 is 0 Å². The lowest BCUT2D eigenvalue weighted by atomic mass is 10.2. The van der Waals surface area contributed by atoms with E-state index in [2.05, 4.69) is 40.5 Å². The van der Waals surface area contributed by atoms with Crippen LogP contribution < -0.4 is 15.0 Å². The van der Waals surface area contributed by atoms with Crippen molar-refractivity contribution in [2.45, 2.75) is 6.92 Å². The molecular weight excluding hydrogens is 236 g/mol. The van der Waals surface area contributed by atoms with Gasteiger partial charge in [-0.15, -0.1) is 0 Å². The molecule has 0 atom stereocenters. The Balaban J connectivity index is 2.29. The maximum absolute atomic E-state index is 5.67. The van der Waals surface area contributed by atoms with Crippen LogP contribution in [-0.4, -0.2) is 20.7 Å². The largest absolute Gasteiger partial charge is 0.492 e. The molecule has 0 aliphatic heterocycles. The van der Waals surface area contributed by atoms with Crippen molar-refractivity contribution < 1.29 is 4.74 Å². The topological polar surface area (TPSA) is 24.5 Å². The Labute approximate surface area is 114 Å². The molecule has 0 spiro atoms. The normalized spacial score (nSPS) is 10.1. The molecule has 0 fully saturated rings.